The monoisotopic (exact) mass is 218 g/mol. The summed E-state index contributed by atoms with van der Waals surface area (Å²) < 4.78 is 0. The molecule has 1 fully saturated rings. The van der Waals surface area contributed by atoms with Gasteiger partial charge in [0.05, 0.1) is 6.04 Å². The maximum Gasteiger partial charge on any atom is 0.336 e. The van der Waals surface area contributed by atoms with E-state index >= 15 is 0 Å². The van der Waals surface area contributed by atoms with Gasteiger partial charge in [-0.25, -0.2) is 10.5 Å². The Morgan fingerprint density at radius 1 is 1.44 bits per heavy atom. The lowest BCUT2D eigenvalue weighted by molar-refractivity contribution is 0.165. The molecule has 0 bridgehead atoms. The van der Waals surface area contributed by atoms with Crippen molar-refractivity contribution in [2.45, 2.75) is 12.5 Å². The Bertz CT molecular complexity index is 353. The van der Waals surface area contributed by atoms with E-state index in [4.69, 9.17) is 5.73 Å². The van der Waals surface area contributed by atoms with Gasteiger partial charge in [-0.3, -0.25) is 0 Å². The fourth-order valence-corrected chi connectivity index (χ4v) is 2.10. The maximum absolute atomic E-state index is 11.2. The van der Waals surface area contributed by atoms with Gasteiger partial charge in [-0.15, -0.1) is 0 Å². The van der Waals surface area contributed by atoms with Gasteiger partial charge >= 0.3 is 6.03 Å². The number of urea groups is 1. The predicted molar refractivity (Wildman–Crippen MR) is 62.0 cm³/mol. The van der Waals surface area contributed by atoms with Gasteiger partial charge < -0.3 is 10.2 Å². The molecule has 4 heteroatoms. The average Bonchev–Trinajstić information content (AvgIpc) is 2.31. The first-order valence-electron chi connectivity index (χ1n) is 5.54. The smallest absolute Gasteiger partial charge is 0.318 e. The minimum atomic E-state index is -0.567. The molecule has 1 aliphatic heterocycles. The van der Waals surface area contributed by atoms with Crippen molar-refractivity contribution in [1.82, 2.24) is 16.0 Å². The van der Waals surface area contributed by atoms with Crippen molar-refractivity contribution in [3.8, 4) is 0 Å². The largest absolute Gasteiger partial charge is 0.336 e. The third-order valence-corrected chi connectivity index (χ3v) is 2.93. The zero-order chi connectivity index (χ0) is 11.4. The molecule has 1 saturated heterocycles. The first kappa shape index (κ1) is 11.0. The molecule has 0 aromatic heterocycles. The molecule has 0 aliphatic carbocycles. The van der Waals surface area contributed by atoms with Crippen molar-refractivity contribution in [2.75, 3.05) is 19.6 Å². The molecule has 1 aromatic rings. The molecular weight excluding hydrogens is 202 g/mol. The first-order valence-corrected chi connectivity index (χ1v) is 5.54. The number of hydrogen-bond donors (Lipinski definition) is 1. The number of carbonyl (C=O) groups excluding carboxylic acids is 1. The van der Waals surface area contributed by atoms with Crippen molar-refractivity contribution >= 4 is 6.03 Å². The van der Waals surface area contributed by atoms with Gasteiger partial charge in [0.1, 0.15) is 0 Å². The number of amides is 2. The Kier molecular flexibility index (Phi) is 3.41. The molecule has 1 heterocycles. The Morgan fingerprint density at radius 3 is 2.88 bits per heavy atom. The molecule has 1 unspecified atom stereocenters. The Labute approximate surface area is 95.4 Å². The topological polar surface area (TPSA) is 56.1 Å². The van der Waals surface area contributed by atoms with Crippen LogP contribution in [0.2, 0.25) is 0 Å². The van der Waals surface area contributed by atoms with Crippen LogP contribution in [0.4, 0.5) is 4.79 Å². The van der Waals surface area contributed by atoms with Gasteiger partial charge in [-0.05, 0) is 12.0 Å². The lowest BCUT2D eigenvalue weighted by Crippen LogP contribution is -2.54. The SMILES string of the molecule is [NH]C(=O)N1CCNCC1Cc1ccccc1. The van der Waals surface area contributed by atoms with E-state index in [0.29, 0.717) is 6.54 Å². The number of benzene rings is 1. The molecule has 0 saturated carbocycles. The summed E-state index contributed by atoms with van der Waals surface area (Å²) in [5, 5.41) is 3.26. The molecule has 1 radical (unpaired) electrons. The lowest BCUT2D eigenvalue weighted by Gasteiger charge is -2.34. The van der Waals surface area contributed by atoms with Crippen LogP contribution in [0.5, 0.6) is 0 Å². The van der Waals surface area contributed by atoms with E-state index in [1.807, 2.05) is 18.2 Å². The molecule has 1 aliphatic rings. The molecule has 2 N–H and O–H groups in total. The summed E-state index contributed by atoms with van der Waals surface area (Å²) >= 11 is 0. The van der Waals surface area contributed by atoms with E-state index in [1.165, 1.54) is 5.56 Å². The average molecular weight is 218 g/mol. The van der Waals surface area contributed by atoms with E-state index in [-0.39, 0.29) is 6.04 Å². The summed E-state index contributed by atoms with van der Waals surface area (Å²) in [5.74, 6) is 0. The summed E-state index contributed by atoms with van der Waals surface area (Å²) in [7, 11) is 0. The van der Waals surface area contributed by atoms with Crippen LogP contribution in [0.25, 0.3) is 0 Å². The molecule has 2 amide bonds. The first-order chi connectivity index (χ1) is 7.77. The molecule has 4 nitrogen and oxygen atoms in total. The van der Waals surface area contributed by atoms with Crippen LogP contribution >= 0.6 is 0 Å². The molecule has 85 valence electrons. The molecule has 1 aromatic carbocycles. The third-order valence-electron chi connectivity index (χ3n) is 2.93. The minimum Gasteiger partial charge on any atom is -0.318 e. The minimum absolute atomic E-state index is 0.112. The van der Waals surface area contributed by atoms with Crippen LogP contribution in [0.1, 0.15) is 5.56 Å². The zero-order valence-electron chi connectivity index (χ0n) is 9.15. The summed E-state index contributed by atoms with van der Waals surface area (Å²) in [6.45, 7) is 2.20. The summed E-state index contributed by atoms with van der Waals surface area (Å²) in [4.78, 5) is 12.8. The van der Waals surface area contributed by atoms with E-state index in [2.05, 4.69) is 17.4 Å². The fraction of sp³-hybridized carbons (Fsp3) is 0.417. The summed E-state index contributed by atoms with van der Waals surface area (Å²) in [5.41, 5.74) is 8.44. The van der Waals surface area contributed by atoms with Crippen molar-refractivity contribution in [3.63, 3.8) is 0 Å². The van der Waals surface area contributed by atoms with E-state index in [9.17, 15) is 4.79 Å². The fourth-order valence-electron chi connectivity index (χ4n) is 2.10. The van der Waals surface area contributed by atoms with Gasteiger partial charge in [-0.1, -0.05) is 30.3 Å². The second kappa shape index (κ2) is 4.99. The highest BCUT2D eigenvalue weighted by molar-refractivity contribution is 5.71. The Hall–Kier alpha value is -1.55. The second-order valence-corrected chi connectivity index (χ2v) is 4.05. The van der Waals surface area contributed by atoms with Crippen LogP contribution in [0.15, 0.2) is 30.3 Å². The highest BCUT2D eigenvalue weighted by atomic mass is 16.2. The standard InChI is InChI=1S/C12H16N3O/c13-12(16)15-7-6-14-9-11(15)8-10-4-2-1-3-5-10/h1-5,11,13-14H,6-9H2. The number of nitrogens with one attached hydrogen (secondary N) is 2. The highest BCUT2D eigenvalue weighted by Crippen LogP contribution is 2.10. The molecule has 16 heavy (non-hydrogen) atoms. The molecule has 0 spiro atoms. The molecule has 2 rings (SSSR count). The lowest BCUT2D eigenvalue weighted by atomic mass is 10.0. The third kappa shape index (κ3) is 2.52. The van der Waals surface area contributed by atoms with Crippen LogP contribution in [-0.2, 0) is 6.42 Å². The van der Waals surface area contributed by atoms with E-state index < -0.39 is 6.03 Å². The summed E-state index contributed by atoms with van der Waals surface area (Å²) in [6, 6.07) is 9.64. The van der Waals surface area contributed by atoms with E-state index in [0.717, 1.165) is 19.5 Å². The summed E-state index contributed by atoms with van der Waals surface area (Å²) in [6.07, 6.45) is 0.818. The van der Waals surface area contributed by atoms with Crippen molar-refractivity contribution in [2.24, 2.45) is 0 Å². The van der Waals surface area contributed by atoms with Gasteiger partial charge in [-0.2, -0.15) is 0 Å². The zero-order valence-corrected chi connectivity index (χ0v) is 9.15. The predicted octanol–water partition coefficient (Wildman–Crippen LogP) is 0.906. The second-order valence-electron chi connectivity index (χ2n) is 4.05. The van der Waals surface area contributed by atoms with Crippen molar-refractivity contribution in [1.29, 1.82) is 0 Å². The number of rotatable bonds is 2. The number of hydrogen-bond acceptors (Lipinski definition) is 2. The van der Waals surface area contributed by atoms with Gasteiger partial charge in [0.15, 0.2) is 0 Å². The van der Waals surface area contributed by atoms with Crippen LogP contribution in [-0.4, -0.2) is 36.6 Å². The van der Waals surface area contributed by atoms with Crippen LogP contribution in [0, 0.1) is 0 Å². The Morgan fingerprint density at radius 2 is 2.19 bits per heavy atom. The quantitative estimate of drug-likeness (QED) is 0.802. The van der Waals surface area contributed by atoms with E-state index in [1.54, 1.807) is 4.90 Å². The number of piperazine rings is 1. The van der Waals surface area contributed by atoms with Crippen molar-refractivity contribution in [3.05, 3.63) is 35.9 Å². The van der Waals surface area contributed by atoms with Crippen LogP contribution in [0.3, 0.4) is 0 Å². The number of nitrogens with zero attached hydrogens (tertiary/aromatic N) is 1. The molecular formula is C12H16N3O. The Balaban J connectivity index is 2.04. The van der Waals surface area contributed by atoms with Crippen molar-refractivity contribution < 1.29 is 4.79 Å². The number of carbonyl (C=O) groups is 1. The molecule has 1 atom stereocenters. The highest BCUT2D eigenvalue weighted by Gasteiger charge is 2.25. The van der Waals surface area contributed by atoms with Gasteiger partial charge in [0.2, 0.25) is 0 Å². The van der Waals surface area contributed by atoms with Gasteiger partial charge in [0.25, 0.3) is 0 Å². The normalized spacial score (nSPS) is 20.8. The maximum atomic E-state index is 11.2. The van der Waals surface area contributed by atoms with Gasteiger partial charge in [0, 0.05) is 19.6 Å². The van der Waals surface area contributed by atoms with Crippen LogP contribution < -0.4 is 11.1 Å².